The SMILES string of the molecule is N#CCCC1C(=O)c2ccccc21. The van der Waals surface area contributed by atoms with Crippen LogP contribution >= 0.6 is 0 Å². The fraction of sp³-hybridized carbons (Fsp3) is 0.273. The number of fused-ring (bicyclic) bond motifs is 1. The largest absolute Gasteiger partial charge is 0.293 e. The second-order valence-corrected chi connectivity index (χ2v) is 3.20. The van der Waals surface area contributed by atoms with E-state index in [2.05, 4.69) is 6.07 Å². The van der Waals surface area contributed by atoms with Gasteiger partial charge in [-0.3, -0.25) is 4.79 Å². The molecule has 0 saturated heterocycles. The molecule has 2 nitrogen and oxygen atoms in total. The van der Waals surface area contributed by atoms with Gasteiger partial charge in [0.15, 0.2) is 5.78 Å². The summed E-state index contributed by atoms with van der Waals surface area (Å²) in [4.78, 5) is 11.4. The van der Waals surface area contributed by atoms with Crippen molar-refractivity contribution < 1.29 is 4.79 Å². The third kappa shape index (κ3) is 1.13. The highest BCUT2D eigenvalue weighted by Gasteiger charge is 2.34. The zero-order valence-electron chi connectivity index (χ0n) is 7.16. The Morgan fingerprint density at radius 2 is 2.15 bits per heavy atom. The normalized spacial score (nSPS) is 18.7. The Bertz CT molecular complexity index is 389. The molecule has 0 heterocycles. The summed E-state index contributed by atoms with van der Waals surface area (Å²) in [6.45, 7) is 0. The molecule has 1 aromatic rings. The van der Waals surface area contributed by atoms with Gasteiger partial charge in [-0.25, -0.2) is 0 Å². The van der Waals surface area contributed by atoms with Gasteiger partial charge in [-0.05, 0) is 12.0 Å². The van der Waals surface area contributed by atoms with Crippen molar-refractivity contribution in [1.82, 2.24) is 0 Å². The van der Waals surface area contributed by atoms with Crippen LogP contribution in [0.3, 0.4) is 0 Å². The number of Topliss-reactive ketones (excluding diaryl/α,β-unsaturated/α-hetero) is 1. The van der Waals surface area contributed by atoms with E-state index in [0.717, 1.165) is 11.1 Å². The van der Waals surface area contributed by atoms with E-state index in [1.165, 1.54) is 0 Å². The van der Waals surface area contributed by atoms with Crippen molar-refractivity contribution in [1.29, 1.82) is 5.26 Å². The number of hydrogen-bond acceptors (Lipinski definition) is 2. The van der Waals surface area contributed by atoms with E-state index in [0.29, 0.717) is 12.8 Å². The Labute approximate surface area is 76.8 Å². The van der Waals surface area contributed by atoms with Crippen LogP contribution in [0.25, 0.3) is 0 Å². The average Bonchev–Trinajstić information content (AvgIpc) is 2.18. The van der Waals surface area contributed by atoms with E-state index >= 15 is 0 Å². The van der Waals surface area contributed by atoms with Crippen molar-refractivity contribution >= 4 is 5.78 Å². The van der Waals surface area contributed by atoms with Gasteiger partial charge in [-0.1, -0.05) is 24.3 Å². The van der Waals surface area contributed by atoms with Crippen LogP contribution in [0.5, 0.6) is 0 Å². The smallest absolute Gasteiger partial charge is 0.170 e. The van der Waals surface area contributed by atoms with Gasteiger partial charge in [0.1, 0.15) is 0 Å². The van der Waals surface area contributed by atoms with Gasteiger partial charge in [0, 0.05) is 17.9 Å². The summed E-state index contributed by atoms with van der Waals surface area (Å²) in [5, 5.41) is 8.41. The first kappa shape index (κ1) is 8.00. The third-order valence-electron chi connectivity index (χ3n) is 2.46. The summed E-state index contributed by atoms with van der Waals surface area (Å²) in [6.07, 6.45) is 1.14. The van der Waals surface area contributed by atoms with E-state index in [4.69, 9.17) is 5.26 Å². The van der Waals surface area contributed by atoms with Gasteiger partial charge in [0.05, 0.1) is 6.07 Å². The van der Waals surface area contributed by atoms with Crippen molar-refractivity contribution in [2.75, 3.05) is 0 Å². The van der Waals surface area contributed by atoms with Crippen molar-refractivity contribution in [2.24, 2.45) is 0 Å². The molecule has 0 radical (unpaired) electrons. The second kappa shape index (κ2) is 3.02. The standard InChI is InChI=1S/C11H9NO/c12-7-3-6-10-8-4-1-2-5-9(8)11(10)13/h1-2,4-5,10H,3,6H2. The van der Waals surface area contributed by atoms with E-state index in [9.17, 15) is 4.79 Å². The zero-order valence-corrected chi connectivity index (χ0v) is 7.16. The predicted octanol–water partition coefficient (Wildman–Crippen LogP) is 2.27. The van der Waals surface area contributed by atoms with Crippen molar-refractivity contribution in [3.05, 3.63) is 35.4 Å². The Morgan fingerprint density at radius 3 is 2.92 bits per heavy atom. The van der Waals surface area contributed by atoms with E-state index < -0.39 is 0 Å². The summed E-state index contributed by atoms with van der Waals surface area (Å²) in [5.41, 5.74) is 1.95. The topological polar surface area (TPSA) is 40.9 Å². The monoisotopic (exact) mass is 171 g/mol. The Hall–Kier alpha value is -1.62. The lowest BCUT2D eigenvalue weighted by Gasteiger charge is -2.27. The maximum Gasteiger partial charge on any atom is 0.170 e. The fourth-order valence-electron chi connectivity index (χ4n) is 1.77. The summed E-state index contributed by atoms with van der Waals surface area (Å²) < 4.78 is 0. The number of carbonyl (C=O) groups excluding carboxylic acids is 1. The first-order valence-corrected chi connectivity index (χ1v) is 4.34. The van der Waals surface area contributed by atoms with Gasteiger partial charge >= 0.3 is 0 Å². The minimum atomic E-state index is -0.00384. The Balaban J connectivity index is 2.21. The number of rotatable bonds is 2. The molecule has 0 fully saturated rings. The second-order valence-electron chi connectivity index (χ2n) is 3.20. The molecule has 0 bridgehead atoms. The minimum absolute atomic E-state index is 0.00384. The quantitative estimate of drug-likeness (QED) is 0.684. The number of ketones is 1. The van der Waals surface area contributed by atoms with Crippen LogP contribution in [-0.4, -0.2) is 5.78 Å². The van der Waals surface area contributed by atoms with Crippen LogP contribution in [0.15, 0.2) is 24.3 Å². The summed E-state index contributed by atoms with van der Waals surface area (Å²) >= 11 is 0. The third-order valence-corrected chi connectivity index (χ3v) is 2.46. The molecule has 0 aromatic heterocycles. The van der Waals surface area contributed by atoms with Gasteiger partial charge in [-0.15, -0.1) is 0 Å². The highest BCUT2D eigenvalue weighted by atomic mass is 16.1. The lowest BCUT2D eigenvalue weighted by Crippen LogP contribution is -2.25. The van der Waals surface area contributed by atoms with Crippen LogP contribution in [0.1, 0.15) is 34.7 Å². The first-order valence-electron chi connectivity index (χ1n) is 4.34. The molecule has 1 aromatic carbocycles. The molecule has 1 aliphatic carbocycles. The number of carbonyl (C=O) groups is 1. The van der Waals surface area contributed by atoms with Crippen molar-refractivity contribution in [2.45, 2.75) is 18.8 Å². The molecule has 0 N–H and O–H groups in total. The Morgan fingerprint density at radius 1 is 1.38 bits per heavy atom. The number of nitrogens with zero attached hydrogens (tertiary/aromatic N) is 1. The lowest BCUT2D eigenvalue weighted by molar-refractivity contribution is 0.0922. The van der Waals surface area contributed by atoms with E-state index in [1.54, 1.807) is 0 Å². The van der Waals surface area contributed by atoms with Crippen molar-refractivity contribution in [3.63, 3.8) is 0 Å². The van der Waals surface area contributed by atoms with Gasteiger partial charge in [-0.2, -0.15) is 5.26 Å². The molecule has 13 heavy (non-hydrogen) atoms. The number of nitriles is 1. The molecule has 0 saturated carbocycles. The van der Waals surface area contributed by atoms with Crippen LogP contribution in [0.2, 0.25) is 0 Å². The highest BCUT2D eigenvalue weighted by molar-refractivity contribution is 6.10. The van der Waals surface area contributed by atoms with Gasteiger partial charge < -0.3 is 0 Å². The summed E-state index contributed by atoms with van der Waals surface area (Å²) in [5.74, 6) is 0.196. The maximum absolute atomic E-state index is 11.4. The molecule has 1 unspecified atom stereocenters. The molecule has 0 amide bonds. The molecule has 2 heteroatoms. The molecular formula is C11H9NO. The van der Waals surface area contributed by atoms with Gasteiger partial charge in [0.25, 0.3) is 0 Å². The molecule has 2 rings (SSSR count). The van der Waals surface area contributed by atoms with Crippen LogP contribution < -0.4 is 0 Å². The molecule has 1 atom stereocenters. The average molecular weight is 171 g/mol. The number of hydrogen-bond donors (Lipinski definition) is 0. The maximum atomic E-state index is 11.4. The minimum Gasteiger partial charge on any atom is -0.293 e. The summed E-state index contributed by atoms with van der Waals surface area (Å²) in [7, 11) is 0. The fourth-order valence-corrected chi connectivity index (χ4v) is 1.77. The van der Waals surface area contributed by atoms with Crippen LogP contribution in [-0.2, 0) is 0 Å². The number of benzene rings is 1. The molecule has 64 valence electrons. The summed E-state index contributed by atoms with van der Waals surface area (Å²) in [6, 6.07) is 9.69. The van der Waals surface area contributed by atoms with E-state index in [-0.39, 0.29) is 11.7 Å². The van der Waals surface area contributed by atoms with Crippen molar-refractivity contribution in [3.8, 4) is 6.07 Å². The lowest BCUT2D eigenvalue weighted by atomic mass is 9.74. The predicted molar refractivity (Wildman–Crippen MR) is 48.4 cm³/mol. The van der Waals surface area contributed by atoms with E-state index in [1.807, 2.05) is 24.3 Å². The van der Waals surface area contributed by atoms with Crippen LogP contribution in [0, 0.1) is 11.3 Å². The first-order chi connectivity index (χ1) is 6.34. The zero-order chi connectivity index (χ0) is 9.26. The molecular weight excluding hydrogens is 162 g/mol. The van der Waals surface area contributed by atoms with Crippen LogP contribution in [0.4, 0.5) is 0 Å². The molecule has 0 spiro atoms. The highest BCUT2D eigenvalue weighted by Crippen LogP contribution is 2.37. The Kier molecular flexibility index (Phi) is 1.86. The van der Waals surface area contributed by atoms with Gasteiger partial charge in [0.2, 0.25) is 0 Å². The molecule has 1 aliphatic rings. The molecule has 0 aliphatic heterocycles.